The summed E-state index contributed by atoms with van der Waals surface area (Å²) in [7, 11) is 0. The first kappa shape index (κ1) is 9.73. The molecular formula is C11H11FN. The van der Waals surface area contributed by atoms with Crippen LogP contribution in [0.5, 0.6) is 0 Å². The zero-order valence-corrected chi connectivity index (χ0v) is 7.76. The average molecular weight is 176 g/mol. The molecule has 0 saturated carbocycles. The van der Waals surface area contributed by atoms with E-state index in [9.17, 15) is 4.39 Å². The lowest BCUT2D eigenvalue weighted by molar-refractivity contribution is 0.516. The first-order valence-corrected chi connectivity index (χ1v) is 4.09. The van der Waals surface area contributed by atoms with E-state index in [0.29, 0.717) is 11.5 Å². The molecule has 13 heavy (non-hydrogen) atoms. The molecule has 67 valence electrons. The fourth-order valence-corrected chi connectivity index (χ4v) is 1.24. The molecule has 0 unspecified atom stereocenters. The molecule has 1 rings (SSSR count). The lowest BCUT2D eigenvalue weighted by Gasteiger charge is -2.09. The van der Waals surface area contributed by atoms with E-state index >= 15 is 0 Å². The Morgan fingerprint density at radius 3 is 2.77 bits per heavy atom. The van der Waals surface area contributed by atoms with Crippen molar-refractivity contribution >= 4 is 0 Å². The minimum Gasteiger partial charge on any atom is -0.250 e. The molecule has 0 N–H and O–H groups in total. The van der Waals surface area contributed by atoms with Crippen LogP contribution in [-0.2, 0) is 0 Å². The van der Waals surface area contributed by atoms with E-state index in [-0.39, 0.29) is 0 Å². The first-order valence-electron chi connectivity index (χ1n) is 4.09. The molecule has 1 aromatic carbocycles. The summed E-state index contributed by atoms with van der Waals surface area (Å²) in [6.45, 7) is 3.06. The van der Waals surface area contributed by atoms with E-state index in [4.69, 9.17) is 5.26 Å². The highest BCUT2D eigenvalue weighted by molar-refractivity contribution is 5.49. The average Bonchev–Trinajstić information content (AvgIpc) is 2.16. The second kappa shape index (κ2) is 4.04. The zero-order valence-electron chi connectivity index (χ0n) is 7.76. The Kier molecular flexibility index (Phi) is 3.02. The summed E-state index contributed by atoms with van der Waals surface area (Å²) < 4.78 is 12.4. The molecule has 1 aromatic rings. The smallest absolute Gasteiger partial charge is 0.0998 e. The van der Waals surface area contributed by atoms with Gasteiger partial charge in [0.15, 0.2) is 0 Å². The van der Waals surface area contributed by atoms with Crippen LogP contribution in [0.15, 0.2) is 18.2 Å². The molecule has 0 bridgehead atoms. The van der Waals surface area contributed by atoms with Gasteiger partial charge in [0, 0.05) is 5.92 Å². The van der Waals surface area contributed by atoms with Gasteiger partial charge in [-0.2, -0.15) is 5.26 Å². The van der Waals surface area contributed by atoms with Crippen molar-refractivity contribution in [3.8, 4) is 6.07 Å². The number of nitrogens with zero attached hydrogens (tertiary/aromatic N) is 1. The summed E-state index contributed by atoms with van der Waals surface area (Å²) in [4.78, 5) is 0. The predicted molar refractivity (Wildman–Crippen MR) is 49.9 cm³/mol. The Balaban J connectivity index is 3.22. The van der Waals surface area contributed by atoms with Crippen molar-refractivity contribution < 1.29 is 4.39 Å². The summed E-state index contributed by atoms with van der Waals surface area (Å²) in [6, 6.07) is 7.56. The van der Waals surface area contributed by atoms with Gasteiger partial charge in [0.1, 0.15) is 0 Å². The van der Waals surface area contributed by atoms with Crippen LogP contribution in [0.1, 0.15) is 23.6 Å². The lowest BCUT2D eigenvalue weighted by atomic mass is 9.94. The quantitative estimate of drug-likeness (QED) is 0.679. The number of alkyl halides is 1. The van der Waals surface area contributed by atoms with Crippen LogP contribution in [0.3, 0.4) is 0 Å². The molecule has 0 saturated heterocycles. The standard InChI is InChI=1S/C11H11FN/c1-8-4-3-5-10(9(2)6-12)11(8)7-13/h3-5H,6H2,1-2H3. The molecule has 0 spiro atoms. The van der Waals surface area contributed by atoms with Crippen molar-refractivity contribution in [1.82, 2.24) is 0 Å². The second-order valence-corrected chi connectivity index (χ2v) is 3.02. The van der Waals surface area contributed by atoms with E-state index in [0.717, 1.165) is 11.1 Å². The van der Waals surface area contributed by atoms with Gasteiger partial charge in [-0.3, -0.25) is 4.39 Å². The molecule has 0 aliphatic carbocycles. The third-order valence-corrected chi connectivity index (χ3v) is 2.04. The molecule has 0 atom stereocenters. The van der Waals surface area contributed by atoms with Gasteiger partial charge in [0.2, 0.25) is 0 Å². The normalized spacial score (nSPS) is 10.1. The summed E-state index contributed by atoms with van der Waals surface area (Å²) in [5.74, 6) is 0.611. The van der Waals surface area contributed by atoms with E-state index in [1.54, 1.807) is 13.0 Å². The SMILES string of the molecule is C[C](CF)c1cccc(C)c1C#N. The number of halogens is 1. The Hall–Kier alpha value is -1.36. The summed E-state index contributed by atoms with van der Waals surface area (Å²) in [5.41, 5.74) is 2.20. The number of aryl methyl sites for hydroxylation is 1. The van der Waals surface area contributed by atoms with Crippen molar-refractivity contribution in [1.29, 1.82) is 5.26 Å². The van der Waals surface area contributed by atoms with E-state index in [1.165, 1.54) is 0 Å². The van der Waals surface area contributed by atoms with Crippen molar-refractivity contribution in [2.75, 3.05) is 6.67 Å². The molecule has 1 nitrogen and oxygen atoms in total. The van der Waals surface area contributed by atoms with E-state index < -0.39 is 6.67 Å². The zero-order chi connectivity index (χ0) is 9.84. The first-order chi connectivity index (χ1) is 6.20. The van der Waals surface area contributed by atoms with Crippen LogP contribution in [0.2, 0.25) is 0 Å². The van der Waals surface area contributed by atoms with Gasteiger partial charge < -0.3 is 0 Å². The molecule has 0 heterocycles. The van der Waals surface area contributed by atoms with Gasteiger partial charge in [-0.25, -0.2) is 0 Å². The van der Waals surface area contributed by atoms with E-state index in [1.807, 2.05) is 19.1 Å². The van der Waals surface area contributed by atoms with E-state index in [2.05, 4.69) is 6.07 Å². The molecule has 0 aliphatic heterocycles. The maximum Gasteiger partial charge on any atom is 0.0998 e. The van der Waals surface area contributed by atoms with Crippen LogP contribution in [0.4, 0.5) is 4.39 Å². The highest BCUT2D eigenvalue weighted by Gasteiger charge is 2.11. The van der Waals surface area contributed by atoms with Crippen molar-refractivity contribution in [2.24, 2.45) is 0 Å². The van der Waals surface area contributed by atoms with Gasteiger partial charge in [-0.05, 0) is 18.1 Å². The lowest BCUT2D eigenvalue weighted by Crippen LogP contribution is -2.01. The molecule has 0 aliphatic rings. The number of rotatable bonds is 2. The molecule has 0 fully saturated rings. The van der Waals surface area contributed by atoms with Gasteiger partial charge in [0.05, 0.1) is 18.3 Å². The highest BCUT2D eigenvalue weighted by Crippen LogP contribution is 2.21. The highest BCUT2D eigenvalue weighted by atomic mass is 19.1. The molecule has 2 heteroatoms. The fourth-order valence-electron chi connectivity index (χ4n) is 1.24. The second-order valence-electron chi connectivity index (χ2n) is 3.02. The monoisotopic (exact) mass is 176 g/mol. The topological polar surface area (TPSA) is 23.8 Å². The van der Waals surface area contributed by atoms with Gasteiger partial charge in [-0.1, -0.05) is 25.1 Å². The van der Waals surface area contributed by atoms with Crippen LogP contribution in [0.25, 0.3) is 0 Å². The minimum absolute atomic E-state index is 0.502. The molecule has 0 amide bonds. The minimum atomic E-state index is -0.502. The van der Waals surface area contributed by atoms with Crippen LogP contribution in [0, 0.1) is 24.2 Å². The summed E-state index contributed by atoms with van der Waals surface area (Å²) >= 11 is 0. The van der Waals surface area contributed by atoms with Crippen LogP contribution >= 0.6 is 0 Å². The number of hydrogen-bond acceptors (Lipinski definition) is 1. The Morgan fingerprint density at radius 2 is 2.23 bits per heavy atom. The number of nitriles is 1. The van der Waals surface area contributed by atoms with Gasteiger partial charge in [0.25, 0.3) is 0 Å². The maximum atomic E-state index is 12.4. The van der Waals surface area contributed by atoms with Crippen LogP contribution < -0.4 is 0 Å². The third-order valence-electron chi connectivity index (χ3n) is 2.04. The summed E-state index contributed by atoms with van der Waals surface area (Å²) in [6.07, 6.45) is 0. The fraction of sp³-hybridized carbons (Fsp3) is 0.273. The molecular weight excluding hydrogens is 165 g/mol. The molecule has 0 aromatic heterocycles. The van der Waals surface area contributed by atoms with Gasteiger partial charge in [-0.15, -0.1) is 0 Å². The van der Waals surface area contributed by atoms with Crippen LogP contribution in [-0.4, -0.2) is 6.67 Å². The maximum absolute atomic E-state index is 12.4. The Morgan fingerprint density at radius 1 is 1.54 bits per heavy atom. The number of hydrogen-bond donors (Lipinski definition) is 0. The Labute approximate surface area is 77.8 Å². The third kappa shape index (κ3) is 1.86. The summed E-state index contributed by atoms with van der Waals surface area (Å²) in [5, 5.41) is 8.86. The van der Waals surface area contributed by atoms with Crippen molar-refractivity contribution in [3.63, 3.8) is 0 Å². The Bertz CT molecular complexity index is 338. The molecule has 1 radical (unpaired) electrons. The number of benzene rings is 1. The van der Waals surface area contributed by atoms with Crippen molar-refractivity contribution in [2.45, 2.75) is 13.8 Å². The van der Waals surface area contributed by atoms with Gasteiger partial charge >= 0.3 is 0 Å². The largest absolute Gasteiger partial charge is 0.250 e. The van der Waals surface area contributed by atoms with Crippen molar-refractivity contribution in [3.05, 3.63) is 40.8 Å². The predicted octanol–water partition coefficient (Wildman–Crippen LogP) is 2.78.